The second kappa shape index (κ2) is 6.30. The molecule has 0 bridgehead atoms. The summed E-state index contributed by atoms with van der Waals surface area (Å²) < 4.78 is 2.33. The van der Waals surface area contributed by atoms with Crippen LogP contribution in [-0.2, 0) is 26.2 Å². The van der Waals surface area contributed by atoms with Gasteiger partial charge in [0.05, 0.1) is 12.2 Å². The average molecular weight is 304 g/mol. The van der Waals surface area contributed by atoms with Gasteiger partial charge < -0.3 is 4.57 Å². The van der Waals surface area contributed by atoms with Gasteiger partial charge in [0.15, 0.2) is 0 Å². The van der Waals surface area contributed by atoms with Crippen molar-refractivity contribution in [2.24, 2.45) is 0 Å². The van der Waals surface area contributed by atoms with Crippen molar-refractivity contribution in [3.8, 4) is 0 Å². The van der Waals surface area contributed by atoms with E-state index in [4.69, 9.17) is 4.98 Å². The summed E-state index contributed by atoms with van der Waals surface area (Å²) >= 11 is 1.84. The molecule has 0 atom stereocenters. The van der Waals surface area contributed by atoms with Crippen LogP contribution in [0.15, 0.2) is 23.7 Å². The molecule has 21 heavy (non-hydrogen) atoms. The molecule has 0 saturated heterocycles. The van der Waals surface area contributed by atoms with Gasteiger partial charge in [0, 0.05) is 43.3 Å². The Balaban J connectivity index is 1.64. The van der Waals surface area contributed by atoms with Crippen LogP contribution in [0.2, 0.25) is 0 Å². The minimum atomic E-state index is 0.555. The van der Waals surface area contributed by atoms with Gasteiger partial charge in [0.1, 0.15) is 5.82 Å². The second-order valence-electron chi connectivity index (χ2n) is 6.14. The van der Waals surface area contributed by atoms with Crippen molar-refractivity contribution in [3.05, 3.63) is 40.1 Å². The van der Waals surface area contributed by atoms with Gasteiger partial charge in [0.25, 0.3) is 0 Å². The van der Waals surface area contributed by atoms with Crippen LogP contribution in [0, 0.1) is 0 Å². The molecule has 0 unspecified atom stereocenters. The summed E-state index contributed by atoms with van der Waals surface area (Å²) in [4.78, 5) is 11.1. The van der Waals surface area contributed by atoms with Gasteiger partial charge in [-0.15, -0.1) is 11.3 Å². The first-order valence-electron chi connectivity index (χ1n) is 7.61. The lowest BCUT2D eigenvalue weighted by atomic mass is 10.3. The first-order valence-corrected chi connectivity index (χ1v) is 8.49. The maximum atomic E-state index is 4.84. The molecule has 2 aromatic rings. The Morgan fingerprint density at radius 1 is 1.38 bits per heavy atom. The van der Waals surface area contributed by atoms with Crippen molar-refractivity contribution in [1.82, 2.24) is 19.4 Å². The number of rotatable bonds is 5. The molecular formula is C16H24N4S. The van der Waals surface area contributed by atoms with Crippen molar-refractivity contribution in [2.75, 3.05) is 13.6 Å². The molecule has 0 radical (unpaired) electrons. The number of hydrogen-bond acceptors (Lipinski definition) is 4. The Labute approximate surface area is 131 Å². The first-order chi connectivity index (χ1) is 10.1. The number of aromatic nitrogens is 2. The summed E-state index contributed by atoms with van der Waals surface area (Å²) in [5.74, 6) is 1.21. The third-order valence-electron chi connectivity index (χ3n) is 4.18. The topological polar surface area (TPSA) is 24.3 Å². The SMILES string of the molecule is CC(C)N(C)Cc1cn2c(n1)CN(Cc1cccs1)CC2. The smallest absolute Gasteiger partial charge is 0.123 e. The fourth-order valence-corrected chi connectivity index (χ4v) is 3.38. The maximum Gasteiger partial charge on any atom is 0.123 e. The maximum absolute atomic E-state index is 4.84. The quantitative estimate of drug-likeness (QED) is 0.849. The van der Waals surface area contributed by atoms with E-state index in [2.05, 4.69) is 59.0 Å². The Bertz CT molecular complexity index is 573. The molecule has 0 saturated carbocycles. The van der Waals surface area contributed by atoms with E-state index in [1.54, 1.807) is 0 Å². The van der Waals surface area contributed by atoms with Crippen molar-refractivity contribution >= 4 is 11.3 Å². The molecule has 0 amide bonds. The van der Waals surface area contributed by atoms with Crippen molar-refractivity contribution in [2.45, 2.75) is 46.1 Å². The van der Waals surface area contributed by atoms with Crippen molar-refractivity contribution in [1.29, 1.82) is 0 Å². The Morgan fingerprint density at radius 2 is 2.24 bits per heavy atom. The standard InChI is InChI=1S/C16H24N4S/c1-13(2)18(3)9-14-10-20-7-6-19(12-16(20)17-14)11-15-5-4-8-21-15/h4-5,8,10,13H,6-7,9,11-12H2,1-3H3. The molecule has 2 aromatic heterocycles. The number of thiophene rings is 1. The molecule has 1 aliphatic heterocycles. The van der Waals surface area contributed by atoms with Gasteiger partial charge in [-0.3, -0.25) is 9.80 Å². The zero-order valence-electron chi connectivity index (χ0n) is 13.1. The number of fused-ring (bicyclic) bond motifs is 1. The van der Waals surface area contributed by atoms with E-state index in [0.29, 0.717) is 6.04 Å². The zero-order valence-corrected chi connectivity index (χ0v) is 13.9. The first kappa shape index (κ1) is 14.8. The lowest BCUT2D eigenvalue weighted by Crippen LogP contribution is -2.32. The van der Waals surface area contributed by atoms with Crippen molar-refractivity contribution < 1.29 is 0 Å². The molecule has 3 heterocycles. The van der Waals surface area contributed by atoms with Gasteiger partial charge in [-0.1, -0.05) is 6.07 Å². The van der Waals surface area contributed by atoms with Gasteiger partial charge in [-0.2, -0.15) is 0 Å². The van der Waals surface area contributed by atoms with Gasteiger partial charge in [-0.25, -0.2) is 4.98 Å². The van der Waals surface area contributed by atoms with Crippen LogP contribution in [0.1, 0.15) is 30.2 Å². The summed E-state index contributed by atoms with van der Waals surface area (Å²) in [7, 11) is 2.16. The highest BCUT2D eigenvalue weighted by Crippen LogP contribution is 2.18. The molecule has 5 heteroatoms. The van der Waals surface area contributed by atoms with Gasteiger partial charge in [-0.05, 0) is 32.3 Å². The summed E-state index contributed by atoms with van der Waals surface area (Å²) in [5.41, 5.74) is 1.19. The van der Waals surface area contributed by atoms with Crippen molar-refractivity contribution in [3.63, 3.8) is 0 Å². The molecule has 3 rings (SSSR count). The minimum Gasteiger partial charge on any atom is -0.332 e. The molecule has 0 aromatic carbocycles. The fraction of sp³-hybridized carbons (Fsp3) is 0.562. The Morgan fingerprint density at radius 3 is 2.95 bits per heavy atom. The molecule has 4 nitrogen and oxygen atoms in total. The predicted octanol–water partition coefficient (Wildman–Crippen LogP) is 2.80. The highest BCUT2D eigenvalue weighted by atomic mass is 32.1. The lowest BCUT2D eigenvalue weighted by Gasteiger charge is -2.26. The number of hydrogen-bond donors (Lipinski definition) is 0. The van der Waals surface area contributed by atoms with Crippen LogP contribution in [0.5, 0.6) is 0 Å². The van der Waals surface area contributed by atoms with Gasteiger partial charge in [0.2, 0.25) is 0 Å². The molecule has 114 valence electrons. The van der Waals surface area contributed by atoms with E-state index >= 15 is 0 Å². The third kappa shape index (κ3) is 3.54. The molecular weight excluding hydrogens is 280 g/mol. The monoisotopic (exact) mass is 304 g/mol. The van der Waals surface area contributed by atoms with E-state index < -0.39 is 0 Å². The lowest BCUT2D eigenvalue weighted by molar-refractivity contribution is 0.210. The summed E-state index contributed by atoms with van der Waals surface area (Å²) in [6, 6.07) is 4.90. The van der Waals surface area contributed by atoms with Crippen LogP contribution in [0.3, 0.4) is 0 Å². The van der Waals surface area contributed by atoms with Gasteiger partial charge >= 0.3 is 0 Å². The normalized spacial score (nSPS) is 15.9. The predicted molar refractivity (Wildman–Crippen MR) is 87.3 cm³/mol. The average Bonchev–Trinajstić information content (AvgIpc) is 3.07. The Hall–Kier alpha value is -1.17. The highest BCUT2D eigenvalue weighted by Gasteiger charge is 2.19. The van der Waals surface area contributed by atoms with Crippen LogP contribution in [0.4, 0.5) is 0 Å². The molecule has 0 fully saturated rings. The highest BCUT2D eigenvalue weighted by molar-refractivity contribution is 7.09. The molecule has 0 spiro atoms. The van der Waals surface area contributed by atoms with Crippen LogP contribution < -0.4 is 0 Å². The van der Waals surface area contributed by atoms with E-state index in [-0.39, 0.29) is 0 Å². The zero-order chi connectivity index (χ0) is 14.8. The van der Waals surface area contributed by atoms with E-state index in [0.717, 1.165) is 32.7 Å². The molecule has 1 aliphatic rings. The van der Waals surface area contributed by atoms with E-state index in [9.17, 15) is 0 Å². The largest absolute Gasteiger partial charge is 0.332 e. The number of nitrogens with zero attached hydrogens (tertiary/aromatic N) is 4. The van der Waals surface area contributed by atoms with E-state index in [1.165, 1.54) is 16.4 Å². The van der Waals surface area contributed by atoms with Crippen LogP contribution >= 0.6 is 11.3 Å². The Kier molecular flexibility index (Phi) is 4.42. The second-order valence-corrected chi connectivity index (χ2v) is 7.17. The summed E-state index contributed by atoms with van der Waals surface area (Å²) in [6.45, 7) is 9.55. The summed E-state index contributed by atoms with van der Waals surface area (Å²) in [5, 5.41) is 2.15. The fourth-order valence-electron chi connectivity index (χ4n) is 2.63. The third-order valence-corrected chi connectivity index (χ3v) is 5.04. The van der Waals surface area contributed by atoms with Crippen LogP contribution in [0.25, 0.3) is 0 Å². The minimum absolute atomic E-state index is 0.555. The van der Waals surface area contributed by atoms with Crippen LogP contribution in [-0.4, -0.2) is 39.0 Å². The molecule has 0 aliphatic carbocycles. The van der Waals surface area contributed by atoms with E-state index in [1.807, 2.05) is 11.3 Å². The molecule has 0 N–H and O–H groups in total. The summed E-state index contributed by atoms with van der Waals surface area (Å²) in [6.07, 6.45) is 2.23. The number of imidazole rings is 1.